The minimum Gasteiger partial charge on any atom is -0.506 e. The van der Waals surface area contributed by atoms with Crippen LogP contribution in [-0.2, 0) is 24.3 Å². The maximum absolute atomic E-state index is 13.4. The van der Waals surface area contributed by atoms with Gasteiger partial charge in [0.05, 0.1) is 22.9 Å². The summed E-state index contributed by atoms with van der Waals surface area (Å²) in [4.78, 5) is 18.7. The van der Waals surface area contributed by atoms with E-state index in [-0.39, 0.29) is 24.5 Å². The van der Waals surface area contributed by atoms with Crippen molar-refractivity contribution in [1.29, 1.82) is 0 Å². The summed E-state index contributed by atoms with van der Waals surface area (Å²) in [5.41, 5.74) is 0.885. The van der Waals surface area contributed by atoms with Crippen LogP contribution in [0.3, 0.4) is 0 Å². The van der Waals surface area contributed by atoms with E-state index in [4.69, 9.17) is 9.15 Å². The van der Waals surface area contributed by atoms with Crippen molar-refractivity contribution in [1.82, 2.24) is 9.55 Å². The molecule has 0 aliphatic carbocycles. The second kappa shape index (κ2) is 7.77. The van der Waals surface area contributed by atoms with Crippen LogP contribution < -0.4 is 5.56 Å². The van der Waals surface area contributed by atoms with Crippen LogP contribution in [0.15, 0.2) is 39.7 Å². The minimum atomic E-state index is -0.147. The van der Waals surface area contributed by atoms with Crippen LogP contribution in [0.5, 0.6) is 5.75 Å². The summed E-state index contributed by atoms with van der Waals surface area (Å²) in [6, 6.07) is 7.43. The molecule has 3 aromatic heterocycles. The van der Waals surface area contributed by atoms with Gasteiger partial charge in [0.1, 0.15) is 28.8 Å². The predicted octanol–water partition coefficient (Wildman–Crippen LogP) is 4.45. The summed E-state index contributed by atoms with van der Waals surface area (Å²) >= 11 is 1.34. The van der Waals surface area contributed by atoms with Crippen molar-refractivity contribution in [2.75, 3.05) is 7.11 Å². The number of benzene rings is 1. The molecule has 0 aliphatic rings. The maximum Gasteiger partial charge on any atom is 0.263 e. The molecule has 6 nitrogen and oxygen atoms in total. The molecular formula is C21H22N2O4S. The fraction of sp³-hybridized carbons (Fsp3) is 0.333. The second-order valence-electron chi connectivity index (χ2n) is 6.81. The van der Waals surface area contributed by atoms with E-state index in [9.17, 15) is 9.90 Å². The van der Waals surface area contributed by atoms with E-state index in [1.165, 1.54) is 11.3 Å². The molecule has 1 aromatic carbocycles. The zero-order valence-corrected chi connectivity index (χ0v) is 16.7. The number of aromatic nitrogens is 2. The number of furan rings is 1. The average molecular weight is 398 g/mol. The van der Waals surface area contributed by atoms with Crippen LogP contribution in [0, 0.1) is 0 Å². The Kier molecular flexibility index (Phi) is 5.19. The van der Waals surface area contributed by atoms with Crippen molar-refractivity contribution in [2.45, 2.75) is 39.3 Å². The van der Waals surface area contributed by atoms with Gasteiger partial charge in [-0.15, -0.1) is 11.3 Å². The Morgan fingerprint density at radius 2 is 2.21 bits per heavy atom. The molecule has 7 heteroatoms. The Labute approximate surface area is 166 Å². The Morgan fingerprint density at radius 1 is 1.36 bits per heavy atom. The van der Waals surface area contributed by atoms with Gasteiger partial charge in [-0.05, 0) is 42.7 Å². The Bertz CT molecular complexity index is 1180. The van der Waals surface area contributed by atoms with Crippen LogP contribution in [0.2, 0.25) is 0 Å². The van der Waals surface area contributed by atoms with Crippen molar-refractivity contribution < 1.29 is 14.3 Å². The first-order valence-corrected chi connectivity index (χ1v) is 10.1. The van der Waals surface area contributed by atoms with E-state index in [0.717, 1.165) is 30.2 Å². The number of methoxy groups -OCH3 is 1. The number of hydrogen-bond donors (Lipinski definition) is 1. The van der Waals surface area contributed by atoms with Gasteiger partial charge < -0.3 is 14.3 Å². The van der Waals surface area contributed by atoms with Crippen molar-refractivity contribution in [2.24, 2.45) is 0 Å². The van der Waals surface area contributed by atoms with Gasteiger partial charge in [0.15, 0.2) is 0 Å². The number of hydrogen-bond acceptors (Lipinski definition) is 6. The summed E-state index contributed by atoms with van der Waals surface area (Å²) in [7, 11) is 1.57. The molecule has 0 spiro atoms. The molecule has 0 fully saturated rings. The van der Waals surface area contributed by atoms with E-state index < -0.39 is 0 Å². The van der Waals surface area contributed by atoms with Gasteiger partial charge in [0.2, 0.25) is 0 Å². The highest BCUT2D eigenvalue weighted by atomic mass is 32.1. The largest absolute Gasteiger partial charge is 0.506 e. The summed E-state index contributed by atoms with van der Waals surface area (Å²) in [6.07, 6.45) is 4.56. The molecule has 0 saturated heterocycles. The highest BCUT2D eigenvalue weighted by Crippen LogP contribution is 2.38. The molecule has 28 heavy (non-hydrogen) atoms. The van der Waals surface area contributed by atoms with Gasteiger partial charge in [0, 0.05) is 12.5 Å². The van der Waals surface area contributed by atoms with Crippen LogP contribution in [0.4, 0.5) is 0 Å². The number of nitrogens with zero attached hydrogens (tertiary/aromatic N) is 2. The number of thiophene rings is 1. The lowest BCUT2D eigenvalue weighted by molar-refractivity contribution is 0.173. The lowest BCUT2D eigenvalue weighted by Gasteiger charge is -2.10. The average Bonchev–Trinajstić information content (AvgIpc) is 3.31. The van der Waals surface area contributed by atoms with Gasteiger partial charge in [-0.25, -0.2) is 4.98 Å². The van der Waals surface area contributed by atoms with E-state index in [1.807, 2.05) is 12.1 Å². The molecule has 0 aliphatic heterocycles. The normalized spacial score (nSPS) is 11.6. The highest BCUT2D eigenvalue weighted by molar-refractivity contribution is 7.25. The van der Waals surface area contributed by atoms with Gasteiger partial charge in [-0.1, -0.05) is 13.3 Å². The summed E-state index contributed by atoms with van der Waals surface area (Å²) in [6.45, 7) is 2.63. The summed E-state index contributed by atoms with van der Waals surface area (Å²) in [5, 5.41) is 11.8. The quantitative estimate of drug-likeness (QED) is 0.498. The molecule has 0 atom stereocenters. The third-order valence-electron chi connectivity index (χ3n) is 4.80. The van der Waals surface area contributed by atoms with E-state index in [1.54, 1.807) is 30.1 Å². The number of fused-ring (bicyclic) bond motifs is 3. The molecule has 0 unspecified atom stereocenters. The Balaban J connectivity index is 1.96. The molecule has 4 rings (SSSR count). The van der Waals surface area contributed by atoms with Gasteiger partial charge in [-0.3, -0.25) is 9.36 Å². The molecule has 146 valence electrons. The van der Waals surface area contributed by atoms with Crippen molar-refractivity contribution in [3.8, 4) is 5.75 Å². The van der Waals surface area contributed by atoms with Crippen molar-refractivity contribution in [3.05, 3.63) is 58.0 Å². The van der Waals surface area contributed by atoms with Crippen molar-refractivity contribution >= 4 is 31.6 Å². The SMILES string of the molecule is CCCCc1cc(O)c2sc3nc(COC)n(Cc4ccco4)c(=O)c3c2c1. The van der Waals surface area contributed by atoms with Crippen LogP contribution in [0.25, 0.3) is 20.3 Å². The van der Waals surface area contributed by atoms with Gasteiger partial charge in [-0.2, -0.15) is 0 Å². The Hall–Kier alpha value is -2.64. The lowest BCUT2D eigenvalue weighted by atomic mass is 10.1. The molecular weight excluding hydrogens is 376 g/mol. The first kappa shape index (κ1) is 18.7. The number of rotatable bonds is 7. The van der Waals surface area contributed by atoms with Crippen molar-refractivity contribution in [3.63, 3.8) is 0 Å². The fourth-order valence-electron chi connectivity index (χ4n) is 3.43. The molecule has 0 saturated carbocycles. The smallest absolute Gasteiger partial charge is 0.263 e. The monoisotopic (exact) mass is 398 g/mol. The van der Waals surface area contributed by atoms with Gasteiger partial charge in [0.25, 0.3) is 5.56 Å². The first-order valence-electron chi connectivity index (χ1n) is 9.31. The lowest BCUT2D eigenvalue weighted by Crippen LogP contribution is -2.25. The standard InChI is InChI=1S/C21H22N2O4S/c1-3-4-6-13-9-15-18-20(28-19(15)16(24)10-13)22-17(12-26-2)23(21(18)25)11-14-7-5-8-27-14/h5,7-10,24H,3-4,6,11-12H2,1-2H3. The summed E-state index contributed by atoms with van der Waals surface area (Å²) in [5.74, 6) is 1.41. The zero-order chi connectivity index (χ0) is 19.7. The van der Waals surface area contributed by atoms with E-state index in [0.29, 0.717) is 26.5 Å². The topological polar surface area (TPSA) is 77.5 Å². The minimum absolute atomic E-state index is 0.147. The number of ether oxygens (including phenoxy) is 1. The number of unbranched alkanes of at least 4 members (excludes halogenated alkanes) is 1. The van der Waals surface area contributed by atoms with Crippen LogP contribution in [0.1, 0.15) is 36.9 Å². The molecule has 1 N–H and O–H groups in total. The number of aromatic hydroxyl groups is 1. The van der Waals surface area contributed by atoms with E-state index in [2.05, 4.69) is 11.9 Å². The third-order valence-corrected chi connectivity index (χ3v) is 5.92. The second-order valence-corrected chi connectivity index (χ2v) is 7.81. The Morgan fingerprint density at radius 3 is 2.93 bits per heavy atom. The van der Waals surface area contributed by atoms with E-state index >= 15 is 0 Å². The first-order chi connectivity index (χ1) is 13.6. The number of phenolic OH excluding ortho intramolecular Hbond substituents is 1. The molecule has 0 radical (unpaired) electrons. The predicted molar refractivity (Wildman–Crippen MR) is 110 cm³/mol. The summed E-state index contributed by atoms with van der Waals surface area (Å²) < 4.78 is 13.0. The molecule has 0 bridgehead atoms. The zero-order valence-electron chi connectivity index (χ0n) is 15.9. The highest BCUT2D eigenvalue weighted by Gasteiger charge is 2.19. The fourth-order valence-corrected chi connectivity index (χ4v) is 4.51. The third kappa shape index (κ3) is 3.31. The molecule has 3 heterocycles. The van der Waals surface area contributed by atoms with Crippen LogP contribution >= 0.6 is 11.3 Å². The number of phenols is 1. The van der Waals surface area contributed by atoms with Crippen LogP contribution in [-0.4, -0.2) is 21.8 Å². The molecule has 0 amide bonds. The number of aryl methyl sites for hydroxylation is 1. The maximum atomic E-state index is 13.4. The van der Waals surface area contributed by atoms with Gasteiger partial charge >= 0.3 is 0 Å². The molecule has 4 aromatic rings.